The van der Waals surface area contributed by atoms with Gasteiger partial charge in [-0.05, 0) is 135 Å². The summed E-state index contributed by atoms with van der Waals surface area (Å²) in [4.78, 5) is 0. The van der Waals surface area contributed by atoms with Crippen LogP contribution in [0.15, 0.2) is 170 Å². The van der Waals surface area contributed by atoms with Crippen LogP contribution in [0.25, 0.3) is 106 Å². The second-order valence-corrected chi connectivity index (χ2v) is 13.9. The van der Waals surface area contributed by atoms with Crippen LogP contribution in [0.1, 0.15) is 18.9 Å². The molecule has 0 amide bonds. The first-order valence-electron chi connectivity index (χ1n) is 18.3. The van der Waals surface area contributed by atoms with Crippen LogP contribution in [-0.4, -0.2) is 0 Å². The smallest absolute Gasteiger partial charge is 0.00206 e. The minimum absolute atomic E-state index is 0.985. The molecule has 10 rings (SSSR count). The van der Waals surface area contributed by atoms with E-state index < -0.39 is 0 Å². The van der Waals surface area contributed by atoms with Gasteiger partial charge >= 0.3 is 0 Å². The SMILES string of the molecule is C/C=c1/ccc(-c2ccc(-c3cc(-c4ccccc4)cc(-c4ccc(-c5ccc6ccc7cccc8ccc5c6c78)cc4)c3)cc2)c2c1=CCC=C2. The minimum Gasteiger partial charge on any atom is -0.0801 e. The van der Waals surface area contributed by atoms with E-state index in [1.165, 1.54) is 104 Å². The summed E-state index contributed by atoms with van der Waals surface area (Å²) in [5.74, 6) is 0. The van der Waals surface area contributed by atoms with Gasteiger partial charge in [0.15, 0.2) is 0 Å². The fourth-order valence-electron chi connectivity index (χ4n) is 8.37. The van der Waals surface area contributed by atoms with E-state index in [0.717, 1.165) is 6.42 Å². The van der Waals surface area contributed by atoms with E-state index in [-0.39, 0.29) is 0 Å². The van der Waals surface area contributed by atoms with E-state index in [1.54, 1.807) is 0 Å². The van der Waals surface area contributed by atoms with Gasteiger partial charge < -0.3 is 0 Å². The predicted molar refractivity (Wildman–Crippen MR) is 225 cm³/mol. The van der Waals surface area contributed by atoms with Crippen LogP contribution < -0.4 is 10.4 Å². The van der Waals surface area contributed by atoms with Crippen molar-refractivity contribution >= 4 is 50.5 Å². The Morgan fingerprint density at radius 1 is 0.423 bits per heavy atom. The largest absolute Gasteiger partial charge is 0.0801 e. The highest BCUT2D eigenvalue weighted by Crippen LogP contribution is 2.40. The topological polar surface area (TPSA) is 0 Å². The average Bonchev–Trinajstić information content (AvgIpc) is 3.22. The Bertz CT molecular complexity index is 2930. The minimum atomic E-state index is 0.985. The first kappa shape index (κ1) is 30.3. The maximum Gasteiger partial charge on any atom is -0.00206 e. The van der Waals surface area contributed by atoms with Gasteiger partial charge in [-0.2, -0.15) is 0 Å². The van der Waals surface area contributed by atoms with Gasteiger partial charge in [0.25, 0.3) is 0 Å². The summed E-state index contributed by atoms with van der Waals surface area (Å²) in [6.45, 7) is 2.12. The number of fused-ring (bicyclic) bond motifs is 1. The zero-order chi connectivity index (χ0) is 34.6. The number of benzene rings is 9. The van der Waals surface area contributed by atoms with Crippen molar-refractivity contribution in [3.63, 3.8) is 0 Å². The molecule has 0 atom stereocenters. The highest BCUT2D eigenvalue weighted by Gasteiger charge is 2.14. The van der Waals surface area contributed by atoms with Crippen molar-refractivity contribution in [3.8, 4) is 55.6 Å². The molecule has 0 saturated carbocycles. The van der Waals surface area contributed by atoms with Crippen LogP contribution >= 0.6 is 0 Å². The average molecular weight is 661 g/mol. The lowest BCUT2D eigenvalue weighted by molar-refractivity contribution is 1.37. The molecule has 0 aromatic heterocycles. The van der Waals surface area contributed by atoms with Gasteiger partial charge in [-0.1, -0.05) is 170 Å². The van der Waals surface area contributed by atoms with E-state index in [0.29, 0.717) is 0 Å². The van der Waals surface area contributed by atoms with Gasteiger partial charge in [-0.25, -0.2) is 0 Å². The summed E-state index contributed by atoms with van der Waals surface area (Å²) in [7, 11) is 0. The first-order valence-corrected chi connectivity index (χ1v) is 18.3. The zero-order valence-corrected chi connectivity index (χ0v) is 29.1. The highest BCUT2D eigenvalue weighted by atomic mass is 14.2. The van der Waals surface area contributed by atoms with E-state index in [1.807, 2.05) is 0 Å². The standard InChI is InChI=1S/C52H36/c1-2-34-25-28-47(49-14-7-6-13-46(34)49)38-19-15-36(16-20-38)44-31-43(35-9-4-3-5-10-35)32-45(33-44)37-17-21-39(22-18-37)48-29-26-42-24-23-40-11-8-12-41-27-30-50(48)52(42)51(40)41/h2-5,7-33H,6H2,1H3/b34-2-. The summed E-state index contributed by atoms with van der Waals surface area (Å²) in [5.41, 5.74) is 13.6. The molecule has 1 aliphatic carbocycles. The molecule has 0 N–H and O–H groups in total. The van der Waals surface area contributed by atoms with Gasteiger partial charge in [0.05, 0.1) is 0 Å². The summed E-state index contributed by atoms with van der Waals surface area (Å²) in [6.07, 6.45) is 10.1. The normalized spacial score (nSPS) is 12.8. The number of allylic oxidation sites excluding steroid dienone is 1. The molecule has 0 heterocycles. The summed E-state index contributed by atoms with van der Waals surface area (Å²) < 4.78 is 0. The van der Waals surface area contributed by atoms with Gasteiger partial charge in [0, 0.05) is 0 Å². The van der Waals surface area contributed by atoms with Crippen LogP contribution in [0.2, 0.25) is 0 Å². The Kier molecular flexibility index (Phi) is 7.22. The van der Waals surface area contributed by atoms with E-state index >= 15 is 0 Å². The molecular weight excluding hydrogens is 625 g/mol. The Hall–Kier alpha value is -6.50. The summed E-state index contributed by atoms with van der Waals surface area (Å²) in [5, 5.41) is 10.6. The second kappa shape index (κ2) is 12.4. The third-order valence-corrected chi connectivity index (χ3v) is 11.0. The zero-order valence-electron chi connectivity index (χ0n) is 29.1. The monoisotopic (exact) mass is 660 g/mol. The molecule has 0 bridgehead atoms. The Morgan fingerprint density at radius 3 is 1.62 bits per heavy atom. The summed E-state index contributed by atoms with van der Waals surface area (Å²) in [6, 6.07) is 60.8. The lowest BCUT2D eigenvalue weighted by Gasteiger charge is -2.15. The van der Waals surface area contributed by atoms with Crippen molar-refractivity contribution < 1.29 is 0 Å². The molecule has 244 valence electrons. The van der Waals surface area contributed by atoms with Crippen LogP contribution in [0, 0.1) is 0 Å². The summed E-state index contributed by atoms with van der Waals surface area (Å²) >= 11 is 0. The Balaban J connectivity index is 1.05. The molecule has 0 radical (unpaired) electrons. The Labute approximate surface area is 304 Å². The maximum atomic E-state index is 2.35. The number of hydrogen-bond donors (Lipinski definition) is 0. The van der Waals surface area contributed by atoms with E-state index in [4.69, 9.17) is 0 Å². The Morgan fingerprint density at radius 2 is 0.962 bits per heavy atom. The molecule has 0 aliphatic heterocycles. The fraction of sp³-hybridized carbons (Fsp3) is 0.0385. The van der Waals surface area contributed by atoms with E-state index in [2.05, 4.69) is 195 Å². The van der Waals surface area contributed by atoms with Gasteiger partial charge in [-0.15, -0.1) is 0 Å². The van der Waals surface area contributed by atoms with Crippen LogP contribution in [0.3, 0.4) is 0 Å². The van der Waals surface area contributed by atoms with Crippen molar-refractivity contribution in [1.82, 2.24) is 0 Å². The fourth-order valence-corrected chi connectivity index (χ4v) is 8.37. The highest BCUT2D eigenvalue weighted by molar-refractivity contribution is 6.25. The number of rotatable bonds is 5. The van der Waals surface area contributed by atoms with Crippen LogP contribution in [-0.2, 0) is 0 Å². The second-order valence-electron chi connectivity index (χ2n) is 13.9. The molecule has 0 heteroatoms. The third-order valence-electron chi connectivity index (χ3n) is 11.0. The van der Waals surface area contributed by atoms with Crippen LogP contribution in [0.5, 0.6) is 0 Å². The van der Waals surface area contributed by atoms with Crippen molar-refractivity contribution in [2.75, 3.05) is 0 Å². The molecule has 0 fully saturated rings. The first-order chi connectivity index (χ1) is 25.7. The third kappa shape index (κ3) is 5.07. The molecule has 0 nitrogen and oxygen atoms in total. The molecule has 52 heavy (non-hydrogen) atoms. The van der Waals surface area contributed by atoms with Crippen molar-refractivity contribution in [2.24, 2.45) is 0 Å². The molecule has 0 spiro atoms. The molecule has 0 saturated heterocycles. The molecule has 0 unspecified atom stereocenters. The maximum absolute atomic E-state index is 2.35. The lowest BCUT2D eigenvalue weighted by Crippen LogP contribution is -2.28. The van der Waals surface area contributed by atoms with Gasteiger partial charge in [0.2, 0.25) is 0 Å². The predicted octanol–water partition coefficient (Wildman–Crippen LogP) is 12.9. The number of hydrogen-bond acceptors (Lipinski definition) is 0. The van der Waals surface area contributed by atoms with E-state index in [9.17, 15) is 0 Å². The lowest BCUT2D eigenvalue weighted by atomic mass is 9.89. The van der Waals surface area contributed by atoms with Crippen LogP contribution in [0.4, 0.5) is 0 Å². The molecule has 9 aromatic rings. The van der Waals surface area contributed by atoms with Crippen molar-refractivity contribution in [1.29, 1.82) is 0 Å². The van der Waals surface area contributed by atoms with Crippen molar-refractivity contribution in [2.45, 2.75) is 13.3 Å². The molecule has 1 aliphatic rings. The van der Waals surface area contributed by atoms with Gasteiger partial charge in [0.1, 0.15) is 0 Å². The quantitative estimate of drug-likeness (QED) is 0.161. The molecular formula is C52H36. The van der Waals surface area contributed by atoms with Gasteiger partial charge in [-0.3, -0.25) is 0 Å². The van der Waals surface area contributed by atoms with Crippen molar-refractivity contribution in [3.05, 3.63) is 186 Å². The molecule has 9 aromatic carbocycles.